The number of benzene rings is 5. The van der Waals surface area contributed by atoms with Crippen LogP contribution in [0.15, 0.2) is 134 Å². The van der Waals surface area contributed by atoms with Gasteiger partial charge in [0.2, 0.25) is 0 Å². The maximum absolute atomic E-state index is 14.0. The first-order valence-corrected chi connectivity index (χ1v) is 19.9. The number of hydrogen-bond donors (Lipinski definition) is 1. The molecule has 0 aliphatic carbocycles. The number of quaternary nitrogens is 1. The van der Waals surface area contributed by atoms with E-state index in [0.29, 0.717) is 66.7 Å². The van der Waals surface area contributed by atoms with Gasteiger partial charge < -0.3 is 14.7 Å². The first-order chi connectivity index (χ1) is 29.9. The molecule has 0 saturated carbocycles. The van der Waals surface area contributed by atoms with Crippen LogP contribution in [0.4, 0.5) is 52.7 Å². The molecule has 6 aromatic rings. The third-order valence-corrected chi connectivity index (χ3v) is 12.1. The van der Waals surface area contributed by atoms with Crippen LogP contribution in [0.1, 0.15) is 52.3 Å². The van der Waals surface area contributed by atoms with Crippen molar-refractivity contribution in [3.05, 3.63) is 167 Å². The van der Waals surface area contributed by atoms with Gasteiger partial charge >= 0.3 is 24.7 Å². The van der Waals surface area contributed by atoms with E-state index in [-0.39, 0.29) is 57.4 Å². The second-order valence-electron chi connectivity index (χ2n) is 16.2. The Morgan fingerprint density at radius 1 is 0.656 bits per heavy atom. The third kappa shape index (κ3) is 9.92. The lowest BCUT2D eigenvalue weighted by molar-refractivity contribution is -0.984. The molecule has 2 bridgehead atoms. The van der Waals surface area contributed by atoms with Crippen molar-refractivity contribution in [1.29, 1.82) is 0 Å². The van der Waals surface area contributed by atoms with Crippen LogP contribution in [0.2, 0.25) is 0 Å². The lowest BCUT2D eigenvalue weighted by atomic mass is 9.71. The number of hydrogen-bond acceptors (Lipinski definition) is 3. The quantitative estimate of drug-likeness (QED) is 0.0986. The molecular formula is C48H38F12N2O2. The van der Waals surface area contributed by atoms with E-state index in [2.05, 4.69) is 11.6 Å². The normalized spacial score (nSPS) is 20.7. The Morgan fingerprint density at radius 3 is 1.61 bits per heavy atom. The number of para-hydroxylation sites is 2. The summed E-state index contributed by atoms with van der Waals surface area (Å²) >= 11 is 0. The lowest BCUT2D eigenvalue weighted by Gasteiger charge is -2.58. The van der Waals surface area contributed by atoms with Gasteiger partial charge in [0.25, 0.3) is 0 Å². The molecule has 5 atom stereocenters. The Morgan fingerprint density at radius 2 is 1.14 bits per heavy atom. The summed E-state index contributed by atoms with van der Waals surface area (Å²) in [6.07, 6.45) is -17.6. The number of aliphatic hydroxyl groups is 1. The second-order valence-corrected chi connectivity index (χ2v) is 16.2. The van der Waals surface area contributed by atoms with Crippen molar-refractivity contribution in [2.75, 3.05) is 13.1 Å². The predicted molar refractivity (Wildman–Crippen MR) is 214 cm³/mol. The van der Waals surface area contributed by atoms with Gasteiger partial charge in [0, 0.05) is 35.9 Å². The number of aliphatic hydroxyl groups excluding tert-OH is 1. The Labute approximate surface area is 359 Å². The van der Waals surface area contributed by atoms with E-state index in [4.69, 9.17) is 0 Å². The van der Waals surface area contributed by atoms with Crippen molar-refractivity contribution >= 4 is 10.9 Å². The molecule has 1 unspecified atom stereocenters. The molecule has 0 radical (unpaired) electrons. The van der Waals surface area contributed by atoms with Gasteiger partial charge in [-0.2, -0.15) is 52.7 Å². The summed E-state index contributed by atoms with van der Waals surface area (Å²) in [5.41, 5.74) is -7.02. The highest BCUT2D eigenvalue weighted by atomic mass is 19.4. The Bertz CT molecular complexity index is 2480. The fourth-order valence-corrected chi connectivity index (χ4v) is 9.11. The van der Waals surface area contributed by atoms with Gasteiger partial charge in [-0.15, -0.1) is 12.3 Å². The minimum Gasteiger partial charge on any atom is -0.872 e. The number of rotatable bonds is 7. The van der Waals surface area contributed by atoms with Crippen LogP contribution in [-0.4, -0.2) is 33.7 Å². The van der Waals surface area contributed by atoms with Gasteiger partial charge in [0.15, 0.2) is 0 Å². The van der Waals surface area contributed by atoms with E-state index < -0.39 is 70.2 Å². The summed E-state index contributed by atoms with van der Waals surface area (Å²) < 4.78 is 168. The molecule has 16 heteroatoms. The standard InChI is InChI=1S/C42H33F12N2O.C6H6O/c1-2-24-22-56(10-8-25(24)18-37(56)38(57)35-7-9-55-36-6-4-3-5-34(35)36)21-23-11-26(28-14-30(39(43,44)45)19-31(15-28)40(46,47)48)13-27(12-23)29-16-32(41(49,50)51)20-33(17-29)42(52,53)54;7-6-4-2-1-3-5-6/h2-7,9,11-17,19-20,24-25,37-38,57H,1,8,10,18,21-22H2;1-5,7H/q+1;/p-1/t24-,25-,37-,38+,56?;/m0./s1. The van der Waals surface area contributed by atoms with E-state index in [9.17, 15) is 62.9 Å². The molecule has 336 valence electrons. The first kappa shape index (κ1) is 46.1. The Kier molecular flexibility index (Phi) is 12.4. The van der Waals surface area contributed by atoms with Gasteiger partial charge in [-0.25, -0.2) is 0 Å². The molecule has 1 aromatic heterocycles. The van der Waals surface area contributed by atoms with E-state index in [1.807, 2.05) is 6.07 Å². The molecule has 3 aliphatic rings. The van der Waals surface area contributed by atoms with Gasteiger partial charge in [0.1, 0.15) is 18.7 Å². The zero-order valence-electron chi connectivity index (χ0n) is 33.5. The number of alkyl halides is 12. The topological polar surface area (TPSA) is 56.2 Å². The van der Waals surface area contributed by atoms with E-state index >= 15 is 0 Å². The van der Waals surface area contributed by atoms with Crippen molar-refractivity contribution in [3.63, 3.8) is 0 Å². The number of aromatic nitrogens is 1. The Balaban J connectivity index is 0.000000798. The number of piperidine rings is 3. The molecular weight excluding hydrogens is 865 g/mol. The second kappa shape index (κ2) is 17.3. The molecule has 1 N–H and O–H groups in total. The molecule has 0 amide bonds. The molecule has 3 aliphatic heterocycles. The summed E-state index contributed by atoms with van der Waals surface area (Å²) in [5.74, 6) is 0.131. The highest BCUT2D eigenvalue weighted by Gasteiger charge is 2.54. The van der Waals surface area contributed by atoms with Crippen LogP contribution in [0.25, 0.3) is 33.2 Å². The summed E-state index contributed by atoms with van der Waals surface area (Å²) in [6.45, 7) is 4.82. The molecule has 0 spiro atoms. The number of pyridine rings is 1. The Hall–Kier alpha value is -5.87. The zero-order valence-corrected chi connectivity index (χ0v) is 33.5. The number of fused-ring (bicyclic) bond motifs is 4. The SMILES string of the molecule is C=C[C@H]1C[N+]2(Cc3cc(-c4cc(C(F)(F)F)cc(C(F)(F)F)c4)cc(-c4cc(C(F)(F)F)cc(C(F)(F)F)c4)c3)CC[C@H]1C[C@H]2[C@H](O)c1ccnc2ccccc12.[O-]c1ccccc1. The van der Waals surface area contributed by atoms with Crippen LogP contribution in [0, 0.1) is 11.8 Å². The molecule has 5 aromatic carbocycles. The molecule has 3 saturated heterocycles. The van der Waals surface area contributed by atoms with Crippen molar-refractivity contribution in [3.8, 4) is 28.0 Å². The summed E-state index contributed by atoms with van der Waals surface area (Å²) in [4.78, 5) is 4.38. The first-order valence-electron chi connectivity index (χ1n) is 19.9. The molecule has 4 heterocycles. The van der Waals surface area contributed by atoms with E-state index in [1.165, 1.54) is 24.3 Å². The highest BCUT2D eigenvalue weighted by Crippen LogP contribution is 2.49. The highest BCUT2D eigenvalue weighted by molar-refractivity contribution is 5.82. The monoisotopic (exact) mass is 902 g/mol. The maximum Gasteiger partial charge on any atom is 0.416 e. The largest absolute Gasteiger partial charge is 0.872 e. The third-order valence-electron chi connectivity index (χ3n) is 12.1. The van der Waals surface area contributed by atoms with Crippen LogP contribution in [0.3, 0.4) is 0 Å². The average Bonchev–Trinajstić information content (AvgIpc) is 3.24. The van der Waals surface area contributed by atoms with E-state index in [1.54, 1.807) is 54.7 Å². The van der Waals surface area contributed by atoms with Crippen LogP contribution >= 0.6 is 0 Å². The van der Waals surface area contributed by atoms with Crippen LogP contribution < -0.4 is 5.11 Å². The van der Waals surface area contributed by atoms with Crippen molar-refractivity contribution in [2.45, 2.75) is 56.2 Å². The number of nitrogens with zero attached hydrogens (tertiary/aromatic N) is 2. The fourth-order valence-electron chi connectivity index (χ4n) is 9.11. The minimum absolute atomic E-state index is 0.0289. The van der Waals surface area contributed by atoms with Gasteiger partial charge in [-0.1, -0.05) is 54.6 Å². The molecule has 9 rings (SSSR count). The smallest absolute Gasteiger partial charge is 0.416 e. The summed E-state index contributed by atoms with van der Waals surface area (Å²) in [7, 11) is 0. The number of halogens is 12. The van der Waals surface area contributed by atoms with Gasteiger partial charge in [0.05, 0.1) is 40.9 Å². The van der Waals surface area contributed by atoms with Crippen molar-refractivity contribution in [1.82, 2.24) is 4.98 Å². The molecule has 4 nitrogen and oxygen atoms in total. The lowest BCUT2D eigenvalue weighted by Crippen LogP contribution is -2.67. The molecule has 64 heavy (non-hydrogen) atoms. The van der Waals surface area contributed by atoms with E-state index in [0.717, 1.165) is 6.07 Å². The van der Waals surface area contributed by atoms with Gasteiger partial charge in [-0.3, -0.25) is 4.98 Å². The van der Waals surface area contributed by atoms with Crippen LogP contribution in [0.5, 0.6) is 5.75 Å². The summed E-state index contributed by atoms with van der Waals surface area (Å²) in [6, 6.07) is 21.9. The molecule has 3 fully saturated rings. The average molecular weight is 903 g/mol. The maximum atomic E-state index is 14.0. The zero-order chi connectivity index (χ0) is 46.4. The van der Waals surface area contributed by atoms with Crippen molar-refractivity contribution in [2.24, 2.45) is 11.8 Å². The summed E-state index contributed by atoms with van der Waals surface area (Å²) in [5, 5.41) is 23.1. The minimum atomic E-state index is -5.24. The van der Waals surface area contributed by atoms with Crippen LogP contribution in [-0.2, 0) is 31.2 Å². The predicted octanol–water partition coefficient (Wildman–Crippen LogP) is 13.0. The fraction of sp³-hybridized carbons (Fsp3) is 0.271. The van der Waals surface area contributed by atoms with Crippen molar-refractivity contribution < 1.29 is 67.4 Å². The van der Waals surface area contributed by atoms with Gasteiger partial charge in [-0.05, 0) is 100 Å².